The molecule has 2 amide bonds. The van der Waals surface area contributed by atoms with E-state index in [-0.39, 0.29) is 18.4 Å². The third kappa shape index (κ3) is 4.79. The lowest BCUT2D eigenvalue weighted by Gasteiger charge is -2.30. The van der Waals surface area contributed by atoms with Gasteiger partial charge in [-0.15, -0.1) is 0 Å². The molecule has 0 fully saturated rings. The normalized spacial score (nSPS) is 14.9. The second kappa shape index (κ2) is 8.29. The molecule has 0 aliphatic carbocycles. The highest BCUT2D eigenvalue weighted by Gasteiger charge is 2.31. The van der Waals surface area contributed by atoms with E-state index in [0.717, 1.165) is 16.8 Å². The second-order valence-electron chi connectivity index (χ2n) is 7.77. The van der Waals surface area contributed by atoms with Gasteiger partial charge >= 0.3 is 6.09 Å². The number of nitrogens with zero attached hydrogens (tertiary/aromatic N) is 1. The Hall–Kier alpha value is -2.80. The van der Waals surface area contributed by atoms with E-state index in [1.165, 1.54) is 0 Å². The number of ether oxygens (including phenoxy) is 2. The van der Waals surface area contributed by atoms with E-state index < -0.39 is 11.7 Å². The molecular weight excluding hydrogens is 394 g/mol. The summed E-state index contributed by atoms with van der Waals surface area (Å²) in [5.41, 5.74) is 7.18. The topological polar surface area (TPSA) is 104 Å². The number of hydrogen-bond acceptors (Lipinski definition) is 5. The van der Waals surface area contributed by atoms with E-state index in [0.29, 0.717) is 29.3 Å². The van der Waals surface area contributed by atoms with Crippen LogP contribution in [0.3, 0.4) is 0 Å². The van der Waals surface area contributed by atoms with Crippen LogP contribution < -0.4 is 15.8 Å². The molecule has 0 bridgehead atoms. The molecule has 7 nitrogen and oxygen atoms in total. The van der Waals surface area contributed by atoms with Gasteiger partial charge in [0.2, 0.25) is 0 Å². The predicted octanol–water partition coefficient (Wildman–Crippen LogP) is 3.92. The first kappa shape index (κ1) is 20.9. The lowest BCUT2D eigenvalue weighted by Crippen LogP contribution is -2.41. The van der Waals surface area contributed by atoms with E-state index in [1.54, 1.807) is 31.3 Å². The minimum atomic E-state index is -0.869. The van der Waals surface area contributed by atoms with Gasteiger partial charge in [-0.1, -0.05) is 31.5 Å². The summed E-state index contributed by atoms with van der Waals surface area (Å²) in [6.45, 7) is 6.35. The fourth-order valence-electron chi connectivity index (χ4n) is 3.64. The number of primary amides is 1. The molecule has 1 aromatic heterocycles. The minimum Gasteiger partial charge on any atom is -0.488 e. The lowest BCUT2D eigenvalue weighted by molar-refractivity contribution is -0.0186. The van der Waals surface area contributed by atoms with E-state index in [1.807, 2.05) is 19.9 Å². The van der Waals surface area contributed by atoms with Crippen molar-refractivity contribution in [2.24, 2.45) is 11.7 Å². The van der Waals surface area contributed by atoms with Crippen LogP contribution in [0.25, 0.3) is 11.1 Å². The number of rotatable bonds is 7. The van der Waals surface area contributed by atoms with E-state index >= 15 is 0 Å². The molecule has 2 aromatic rings. The van der Waals surface area contributed by atoms with Crippen molar-refractivity contribution in [2.45, 2.75) is 39.3 Å². The molecule has 3 rings (SSSR count). The number of aromatic nitrogens is 1. The summed E-state index contributed by atoms with van der Waals surface area (Å²) in [7, 11) is 0. The predicted molar refractivity (Wildman–Crippen MR) is 110 cm³/mol. The molecule has 1 aliphatic heterocycles. The van der Waals surface area contributed by atoms with Gasteiger partial charge in [-0.2, -0.15) is 0 Å². The van der Waals surface area contributed by atoms with Crippen LogP contribution in [-0.2, 0) is 11.3 Å². The largest absolute Gasteiger partial charge is 0.488 e. The Bertz CT molecular complexity index is 948. The van der Waals surface area contributed by atoms with E-state index in [4.69, 9.17) is 26.8 Å². The van der Waals surface area contributed by atoms with Crippen LogP contribution in [0.4, 0.5) is 4.79 Å². The molecule has 0 saturated carbocycles. The van der Waals surface area contributed by atoms with Crippen LogP contribution in [0.1, 0.15) is 43.2 Å². The molecule has 0 saturated heterocycles. The highest BCUT2D eigenvalue weighted by molar-refractivity contribution is 6.32. The fraction of sp³-hybridized carbons (Fsp3) is 0.381. The molecule has 0 spiro atoms. The maximum atomic E-state index is 12.1. The van der Waals surface area contributed by atoms with Crippen molar-refractivity contribution >= 4 is 23.6 Å². The number of halogens is 1. The first-order valence-electron chi connectivity index (χ1n) is 9.36. The van der Waals surface area contributed by atoms with Crippen LogP contribution >= 0.6 is 11.6 Å². The Morgan fingerprint density at radius 1 is 1.38 bits per heavy atom. The van der Waals surface area contributed by atoms with Crippen LogP contribution in [0.15, 0.2) is 30.5 Å². The van der Waals surface area contributed by atoms with Crippen LogP contribution in [0.2, 0.25) is 5.02 Å². The van der Waals surface area contributed by atoms with Crippen LogP contribution in [0, 0.1) is 5.92 Å². The maximum absolute atomic E-state index is 12.1. The number of hydrogen-bond donors (Lipinski definition) is 2. The zero-order valence-corrected chi connectivity index (χ0v) is 17.4. The van der Waals surface area contributed by atoms with Crippen LogP contribution in [-0.4, -0.2) is 29.2 Å². The maximum Gasteiger partial charge on any atom is 0.405 e. The third-order valence-corrected chi connectivity index (χ3v) is 4.93. The molecule has 1 aromatic carbocycles. The highest BCUT2D eigenvalue weighted by Crippen LogP contribution is 2.34. The van der Waals surface area contributed by atoms with E-state index in [9.17, 15) is 9.59 Å². The molecule has 1 unspecified atom stereocenters. The molecular formula is C21H24ClN3O4. The Morgan fingerprint density at radius 2 is 2.14 bits per heavy atom. The quantitative estimate of drug-likeness (QED) is 0.710. The van der Waals surface area contributed by atoms with Crippen LogP contribution in [0.5, 0.6) is 5.75 Å². The van der Waals surface area contributed by atoms with Gasteiger partial charge in [0.15, 0.2) is 0 Å². The number of pyridine rings is 1. The Morgan fingerprint density at radius 3 is 2.79 bits per heavy atom. The van der Waals surface area contributed by atoms with Crippen molar-refractivity contribution in [3.63, 3.8) is 0 Å². The Labute approximate surface area is 174 Å². The fourth-order valence-corrected chi connectivity index (χ4v) is 3.87. The number of benzene rings is 1. The van der Waals surface area contributed by atoms with Gasteiger partial charge in [-0.3, -0.25) is 9.78 Å². The van der Waals surface area contributed by atoms with Gasteiger partial charge < -0.3 is 20.5 Å². The molecule has 1 aliphatic rings. The van der Waals surface area contributed by atoms with Crippen molar-refractivity contribution in [1.29, 1.82) is 0 Å². The molecule has 1 atom stereocenters. The van der Waals surface area contributed by atoms with Gasteiger partial charge in [0.1, 0.15) is 18.0 Å². The van der Waals surface area contributed by atoms with Gasteiger partial charge in [-0.05, 0) is 48.6 Å². The lowest BCUT2D eigenvalue weighted by atomic mass is 9.95. The van der Waals surface area contributed by atoms with Crippen molar-refractivity contribution < 1.29 is 19.1 Å². The second-order valence-corrected chi connectivity index (χ2v) is 8.17. The Kier molecular flexibility index (Phi) is 5.98. The minimum absolute atomic E-state index is 0.111. The van der Waals surface area contributed by atoms with Crippen molar-refractivity contribution in [2.75, 3.05) is 6.61 Å². The summed E-state index contributed by atoms with van der Waals surface area (Å²) in [6, 6.07) is 7.09. The zero-order valence-electron chi connectivity index (χ0n) is 16.6. The van der Waals surface area contributed by atoms with Crippen molar-refractivity contribution in [1.82, 2.24) is 10.3 Å². The summed E-state index contributed by atoms with van der Waals surface area (Å²) < 4.78 is 11.1. The summed E-state index contributed by atoms with van der Waals surface area (Å²) in [5.74, 6) is 0.585. The standard InChI is InChI=1S/C21H24ClN3O4/c1-12(2)9-21(3,29-20(23)27)11-28-17-5-4-13(8-15(17)22)14-6-7-24-16-10-25-19(26)18(14)16/h4-8,12H,9-11H2,1-3H3,(H2,23,27)(H,25,26). The summed E-state index contributed by atoms with van der Waals surface area (Å²) in [5, 5.41) is 3.16. The zero-order chi connectivity index (χ0) is 21.2. The molecule has 2 heterocycles. The SMILES string of the molecule is CC(C)CC(C)(COc1ccc(-c2ccnc3c2C(=O)NC3)cc1Cl)OC(N)=O. The number of nitrogens with one attached hydrogen (secondary N) is 1. The summed E-state index contributed by atoms with van der Waals surface area (Å²) >= 11 is 6.43. The highest BCUT2D eigenvalue weighted by atomic mass is 35.5. The molecule has 29 heavy (non-hydrogen) atoms. The average molecular weight is 418 g/mol. The smallest absolute Gasteiger partial charge is 0.405 e. The number of amides is 2. The summed E-state index contributed by atoms with van der Waals surface area (Å²) in [6.07, 6.45) is 1.41. The third-order valence-electron chi connectivity index (χ3n) is 4.64. The molecule has 8 heteroatoms. The van der Waals surface area contributed by atoms with Crippen molar-refractivity contribution in [3.8, 4) is 16.9 Å². The number of fused-ring (bicyclic) bond motifs is 1. The average Bonchev–Trinajstić information content (AvgIpc) is 3.00. The van der Waals surface area contributed by atoms with Gasteiger partial charge in [0, 0.05) is 6.20 Å². The van der Waals surface area contributed by atoms with Gasteiger partial charge in [0.25, 0.3) is 5.91 Å². The van der Waals surface area contributed by atoms with Crippen molar-refractivity contribution in [3.05, 3.63) is 46.7 Å². The monoisotopic (exact) mass is 417 g/mol. The number of nitrogens with two attached hydrogens (primary N) is 1. The first-order chi connectivity index (χ1) is 13.7. The first-order valence-corrected chi connectivity index (χ1v) is 9.73. The van der Waals surface area contributed by atoms with Gasteiger partial charge in [-0.25, -0.2) is 4.79 Å². The molecule has 3 N–H and O–H groups in total. The Balaban J connectivity index is 1.81. The number of carbonyl (C=O) groups is 2. The molecule has 0 radical (unpaired) electrons. The summed E-state index contributed by atoms with van der Waals surface area (Å²) in [4.78, 5) is 27.7. The van der Waals surface area contributed by atoms with E-state index in [2.05, 4.69) is 10.3 Å². The van der Waals surface area contributed by atoms with Gasteiger partial charge in [0.05, 0.1) is 22.8 Å². The molecule has 154 valence electrons. The number of carbonyl (C=O) groups excluding carboxylic acids is 2.